The van der Waals surface area contributed by atoms with Crippen LogP contribution in [0.2, 0.25) is 0 Å². The topological polar surface area (TPSA) is 81.2 Å². The van der Waals surface area contributed by atoms with Crippen molar-refractivity contribution in [3.8, 4) is 5.88 Å². The van der Waals surface area contributed by atoms with Gasteiger partial charge in [-0.3, -0.25) is 0 Å². The molecule has 1 aliphatic rings. The van der Waals surface area contributed by atoms with Gasteiger partial charge in [0.1, 0.15) is 16.8 Å². The van der Waals surface area contributed by atoms with Crippen LogP contribution in [0.5, 0.6) is 5.88 Å². The van der Waals surface area contributed by atoms with Gasteiger partial charge in [-0.05, 0) is 49.4 Å². The summed E-state index contributed by atoms with van der Waals surface area (Å²) in [7, 11) is -3.33. The van der Waals surface area contributed by atoms with E-state index in [1.807, 2.05) is 12.1 Å². The lowest BCUT2D eigenvalue weighted by atomic mass is 9.98. The van der Waals surface area contributed by atoms with Gasteiger partial charge in [0.15, 0.2) is 9.84 Å². The van der Waals surface area contributed by atoms with Crippen LogP contribution in [0, 0.1) is 0 Å². The molecule has 0 aromatic carbocycles. The van der Waals surface area contributed by atoms with Gasteiger partial charge in [0, 0.05) is 31.3 Å². The molecule has 0 saturated heterocycles. The Labute approximate surface area is 148 Å². The highest BCUT2D eigenvalue weighted by Crippen LogP contribution is 2.23. The second kappa shape index (κ2) is 7.82. The Balaban J connectivity index is 1.67. The average molecular weight is 361 g/mol. The summed E-state index contributed by atoms with van der Waals surface area (Å²) in [6.45, 7) is 0.448. The molecular weight excluding hydrogens is 338 g/mol. The third-order valence-corrected chi connectivity index (χ3v) is 5.40. The van der Waals surface area contributed by atoms with E-state index in [1.165, 1.54) is 25.5 Å². The normalized spacial score (nSPS) is 15.7. The molecule has 6 nitrogen and oxygen atoms in total. The summed E-state index contributed by atoms with van der Waals surface area (Å²) in [5, 5.41) is 3.09. The summed E-state index contributed by atoms with van der Waals surface area (Å²) in [4.78, 5) is 8.62. The highest BCUT2D eigenvalue weighted by molar-refractivity contribution is 7.90. The van der Waals surface area contributed by atoms with E-state index in [2.05, 4.69) is 15.3 Å². The first-order chi connectivity index (χ1) is 12.0. The van der Waals surface area contributed by atoms with Gasteiger partial charge in [-0.1, -0.05) is 6.42 Å². The Morgan fingerprint density at radius 2 is 1.96 bits per heavy atom. The van der Waals surface area contributed by atoms with Crippen LogP contribution in [0.15, 0.2) is 41.6 Å². The van der Waals surface area contributed by atoms with E-state index >= 15 is 0 Å². The maximum Gasteiger partial charge on any atom is 0.213 e. The lowest BCUT2D eigenvalue weighted by Gasteiger charge is -2.22. The minimum atomic E-state index is -3.33. The van der Waals surface area contributed by atoms with E-state index in [0.29, 0.717) is 18.2 Å². The van der Waals surface area contributed by atoms with E-state index in [9.17, 15) is 8.42 Å². The summed E-state index contributed by atoms with van der Waals surface area (Å²) < 4.78 is 29.6. The Bertz CT molecular complexity index is 818. The van der Waals surface area contributed by atoms with Gasteiger partial charge in [-0.25, -0.2) is 18.4 Å². The van der Waals surface area contributed by atoms with Gasteiger partial charge in [0.05, 0.1) is 0 Å². The van der Waals surface area contributed by atoms with Gasteiger partial charge in [-0.2, -0.15) is 0 Å². The van der Waals surface area contributed by atoms with Crippen molar-refractivity contribution in [1.29, 1.82) is 0 Å². The van der Waals surface area contributed by atoms with Gasteiger partial charge in [-0.15, -0.1) is 0 Å². The quantitative estimate of drug-likeness (QED) is 0.851. The fraction of sp³-hybridized carbons (Fsp3) is 0.444. The van der Waals surface area contributed by atoms with Gasteiger partial charge in [0.25, 0.3) is 0 Å². The minimum Gasteiger partial charge on any atom is -0.474 e. The first-order valence-electron chi connectivity index (χ1n) is 8.53. The van der Waals surface area contributed by atoms with Crippen molar-refractivity contribution in [3.05, 3.63) is 42.2 Å². The Morgan fingerprint density at radius 3 is 2.72 bits per heavy atom. The number of aromatic nitrogens is 2. The SMILES string of the molecule is CS(=O)(=O)c1cccnc1NCc1ccnc(OC2CCCCC2)c1. The van der Waals surface area contributed by atoms with Crippen LogP contribution in [0.4, 0.5) is 5.82 Å². The van der Waals surface area contributed by atoms with Gasteiger partial charge in [0.2, 0.25) is 5.88 Å². The molecule has 1 saturated carbocycles. The molecule has 2 aromatic rings. The van der Waals surface area contributed by atoms with E-state index in [4.69, 9.17) is 4.74 Å². The highest BCUT2D eigenvalue weighted by Gasteiger charge is 2.16. The molecule has 0 amide bonds. The summed E-state index contributed by atoms with van der Waals surface area (Å²) in [5.74, 6) is 0.979. The largest absolute Gasteiger partial charge is 0.474 e. The van der Waals surface area contributed by atoms with Crippen molar-refractivity contribution in [1.82, 2.24) is 9.97 Å². The zero-order valence-electron chi connectivity index (χ0n) is 14.3. The fourth-order valence-corrected chi connectivity index (χ4v) is 3.79. The predicted molar refractivity (Wildman–Crippen MR) is 96.4 cm³/mol. The maximum atomic E-state index is 11.8. The summed E-state index contributed by atoms with van der Waals surface area (Å²) in [6, 6.07) is 6.94. The molecule has 2 heterocycles. The average Bonchev–Trinajstić information content (AvgIpc) is 2.61. The van der Waals surface area contributed by atoms with Crippen LogP contribution < -0.4 is 10.1 Å². The summed E-state index contributed by atoms with van der Waals surface area (Å²) in [6.07, 6.45) is 10.6. The smallest absolute Gasteiger partial charge is 0.213 e. The van der Waals surface area contributed by atoms with E-state index in [-0.39, 0.29) is 11.0 Å². The molecule has 0 atom stereocenters. The van der Waals surface area contributed by atoms with E-state index in [0.717, 1.165) is 18.4 Å². The molecule has 0 radical (unpaired) electrons. The lowest BCUT2D eigenvalue weighted by Crippen LogP contribution is -2.20. The van der Waals surface area contributed by atoms with Crippen LogP contribution in [0.25, 0.3) is 0 Å². The first-order valence-corrected chi connectivity index (χ1v) is 10.4. The van der Waals surface area contributed by atoms with E-state index in [1.54, 1.807) is 24.5 Å². The zero-order chi connectivity index (χ0) is 17.7. The van der Waals surface area contributed by atoms with Crippen molar-refractivity contribution in [2.24, 2.45) is 0 Å². The molecular formula is C18H23N3O3S. The lowest BCUT2D eigenvalue weighted by molar-refractivity contribution is 0.148. The predicted octanol–water partition coefficient (Wildman–Crippen LogP) is 3.20. The molecule has 0 spiro atoms. The molecule has 1 aliphatic carbocycles. The molecule has 1 N–H and O–H groups in total. The number of hydrogen-bond acceptors (Lipinski definition) is 6. The molecule has 7 heteroatoms. The maximum absolute atomic E-state index is 11.8. The van der Waals surface area contributed by atoms with Crippen molar-refractivity contribution in [2.75, 3.05) is 11.6 Å². The zero-order valence-corrected chi connectivity index (χ0v) is 15.1. The summed E-state index contributed by atoms with van der Waals surface area (Å²) >= 11 is 0. The number of anilines is 1. The number of nitrogens with one attached hydrogen (secondary N) is 1. The molecule has 0 bridgehead atoms. The molecule has 0 aliphatic heterocycles. The van der Waals surface area contributed by atoms with E-state index < -0.39 is 9.84 Å². The number of ether oxygens (including phenoxy) is 1. The fourth-order valence-electron chi connectivity index (χ4n) is 2.99. The van der Waals surface area contributed by atoms with Crippen molar-refractivity contribution in [2.45, 2.75) is 49.6 Å². The third-order valence-electron chi connectivity index (χ3n) is 4.27. The first kappa shape index (κ1) is 17.7. The van der Waals surface area contributed by atoms with Crippen molar-refractivity contribution in [3.63, 3.8) is 0 Å². The molecule has 2 aromatic heterocycles. The molecule has 1 fully saturated rings. The van der Waals surface area contributed by atoms with Crippen LogP contribution >= 0.6 is 0 Å². The minimum absolute atomic E-state index is 0.197. The standard InChI is InChI=1S/C18H23N3O3S/c1-25(22,23)16-8-5-10-20-18(16)21-13-14-9-11-19-17(12-14)24-15-6-3-2-4-7-15/h5,8-12,15H,2-4,6-7,13H2,1H3,(H,20,21). The number of sulfone groups is 1. The second-order valence-electron chi connectivity index (χ2n) is 6.36. The molecule has 134 valence electrons. The van der Waals surface area contributed by atoms with Crippen LogP contribution in [0.3, 0.4) is 0 Å². The summed E-state index contributed by atoms with van der Waals surface area (Å²) in [5.41, 5.74) is 0.964. The van der Waals surface area contributed by atoms with Crippen LogP contribution in [0.1, 0.15) is 37.7 Å². The molecule has 3 rings (SSSR count). The third kappa shape index (κ3) is 4.92. The Morgan fingerprint density at radius 1 is 1.16 bits per heavy atom. The molecule has 0 unspecified atom stereocenters. The van der Waals surface area contributed by atoms with Crippen LogP contribution in [-0.2, 0) is 16.4 Å². The monoisotopic (exact) mass is 361 g/mol. The number of pyridine rings is 2. The second-order valence-corrected chi connectivity index (χ2v) is 8.34. The number of rotatable bonds is 6. The van der Waals surface area contributed by atoms with Crippen molar-refractivity contribution < 1.29 is 13.2 Å². The van der Waals surface area contributed by atoms with Gasteiger partial charge >= 0.3 is 0 Å². The van der Waals surface area contributed by atoms with Crippen LogP contribution in [-0.4, -0.2) is 30.7 Å². The number of nitrogens with zero attached hydrogens (tertiary/aromatic N) is 2. The van der Waals surface area contributed by atoms with Gasteiger partial charge < -0.3 is 10.1 Å². The Hall–Kier alpha value is -2.15. The Kier molecular flexibility index (Phi) is 5.53. The highest BCUT2D eigenvalue weighted by atomic mass is 32.2. The molecule has 25 heavy (non-hydrogen) atoms. The van der Waals surface area contributed by atoms with Crippen molar-refractivity contribution >= 4 is 15.7 Å². The number of hydrogen-bond donors (Lipinski definition) is 1.